The first-order valence-corrected chi connectivity index (χ1v) is 7.81. The van der Waals surface area contributed by atoms with Gasteiger partial charge in [-0.25, -0.2) is 9.97 Å². The van der Waals surface area contributed by atoms with E-state index in [-0.39, 0.29) is 12.0 Å². The predicted octanol–water partition coefficient (Wildman–Crippen LogP) is 0.277. The highest BCUT2D eigenvalue weighted by molar-refractivity contribution is 5.77. The van der Waals surface area contributed by atoms with Crippen LogP contribution in [0.1, 0.15) is 30.5 Å². The Morgan fingerprint density at radius 1 is 1.36 bits per heavy atom. The minimum absolute atomic E-state index is 0.00371. The Morgan fingerprint density at radius 2 is 2.23 bits per heavy atom. The molecule has 7 heteroatoms. The van der Waals surface area contributed by atoms with Gasteiger partial charge in [0, 0.05) is 25.9 Å². The van der Waals surface area contributed by atoms with Crippen molar-refractivity contribution < 1.29 is 14.3 Å². The molecule has 2 aliphatic heterocycles. The van der Waals surface area contributed by atoms with Gasteiger partial charge in [0.2, 0.25) is 5.91 Å². The number of morpholine rings is 1. The van der Waals surface area contributed by atoms with Crippen LogP contribution in [0.2, 0.25) is 0 Å². The van der Waals surface area contributed by atoms with Crippen molar-refractivity contribution in [3.05, 3.63) is 23.8 Å². The lowest BCUT2D eigenvalue weighted by Gasteiger charge is -2.25. The largest absolute Gasteiger partial charge is 0.379 e. The number of aromatic nitrogens is 2. The van der Waals surface area contributed by atoms with Crippen LogP contribution >= 0.6 is 0 Å². The van der Waals surface area contributed by atoms with Crippen molar-refractivity contribution in [2.75, 3.05) is 39.5 Å². The van der Waals surface area contributed by atoms with Crippen molar-refractivity contribution in [3.8, 4) is 0 Å². The van der Waals surface area contributed by atoms with E-state index < -0.39 is 0 Å². The second-order valence-electron chi connectivity index (χ2n) is 5.57. The number of hydrogen-bond donors (Lipinski definition) is 1. The Bertz CT molecular complexity index is 499. The summed E-state index contributed by atoms with van der Waals surface area (Å²) in [7, 11) is 0. The summed E-state index contributed by atoms with van der Waals surface area (Å²) in [5.74, 6) is 0.733. The maximum atomic E-state index is 12.0. The first kappa shape index (κ1) is 15.3. The molecule has 22 heavy (non-hydrogen) atoms. The molecule has 1 aromatic rings. The third-order valence-corrected chi connectivity index (χ3v) is 3.89. The topological polar surface area (TPSA) is 76.6 Å². The van der Waals surface area contributed by atoms with E-state index in [1.54, 1.807) is 6.20 Å². The van der Waals surface area contributed by atoms with E-state index in [9.17, 15) is 4.79 Å². The predicted molar refractivity (Wildman–Crippen MR) is 79.1 cm³/mol. The number of carbonyl (C=O) groups excluding carboxylic acids is 1. The number of hydrogen-bond acceptors (Lipinski definition) is 6. The lowest BCUT2D eigenvalue weighted by Crippen LogP contribution is -2.43. The molecule has 120 valence electrons. The van der Waals surface area contributed by atoms with Crippen LogP contribution in [0.5, 0.6) is 0 Å². The van der Waals surface area contributed by atoms with E-state index in [1.807, 2.05) is 6.07 Å². The maximum Gasteiger partial charge on any atom is 0.234 e. The summed E-state index contributed by atoms with van der Waals surface area (Å²) < 4.78 is 10.9. The Labute approximate surface area is 130 Å². The molecular formula is C15H22N4O3. The zero-order valence-corrected chi connectivity index (χ0v) is 12.7. The van der Waals surface area contributed by atoms with Gasteiger partial charge in [-0.15, -0.1) is 0 Å². The Hall–Kier alpha value is -1.57. The number of carbonyl (C=O) groups is 1. The fourth-order valence-corrected chi connectivity index (χ4v) is 2.66. The van der Waals surface area contributed by atoms with Gasteiger partial charge in [0.25, 0.3) is 0 Å². The minimum Gasteiger partial charge on any atom is -0.379 e. The van der Waals surface area contributed by atoms with Crippen LogP contribution in [0, 0.1) is 0 Å². The van der Waals surface area contributed by atoms with E-state index in [0.29, 0.717) is 26.3 Å². The van der Waals surface area contributed by atoms with Crippen LogP contribution in [0.15, 0.2) is 12.3 Å². The Balaban J connectivity index is 1.48. The molecule has 0 unspecified atom stereocenters. The van der Waals surface area contributed by atoms with Crippen molar-refractivity contribution in [2.24, 2.45) is 0 Å². The van der Waals surface area contributed by atoms with Crippen molar-refractivity contribution in [1.82, 2.24) is 20.2 Å². The van der Waals surface area contributed by atoms with Crippen LogP contribution in [0.4, 0.5) is 0 Å². The van der Waals surface area contributed by atoms with Crippen LogP contribution in [0.3, 0.4) is 0 Å². The lowest BCUT2D eigenvalue weighted by atomic mass is 10.2. The van der Waals surface area contributed by atoms with Gasteiger partial charge < -0.3 is 14.8 Å². The van der Waals surface area contributed by atoms with E-state index in [4.69, 9.17) is 9.47 Å². The number of nitrogens with one attached hydrogen (secondary N) is 1. The molecule has 0 aliphatic carbocycles. The number of amides is 1. The Morgan fingerprint density at radius 3 is 3.00 bits per heavy atom. The highest BCUT2D eigenvalue weighted by atomic mass is 16.5. The number of nitrogens with zero attached hydrogens (tertiary/aromatic N) is 3. The van der Waals surface area contributed by atoms with E-state index in [0.717, 1.165) is 44.1 Å². The van der Waals surface area contributed by atoms with Crippen molar-refractivity contribution >= 4 is 5.91 Å². The Kier molecular flexibility index (Phi) is 5.31. The second kappa shape index (κ2) is 7.62. The molecule has 0 aromatic carbocycles. The van der Waals surface area contributed by atoms with Crippen LogP contribution < -0.4 is 5.32 Å². The molecule has 7 nitrogen and oxygen atoms in total. The molecule has 2 saturated heterocycles. The SMILES string of the molecule is O=C(CN1CCOCC1)NCc1ccnc([C@@H]2CCCO2)n1. The summed E-state index contributed by atoms with van der Waals surface area (Å²) in [5.41, 5.74) is 0.816. The molecule has 1 amide bonds. The maximum absolute atomic E-state index is 12.0. The molecule has 2 fully saturated rings. The van der Waals surface area contributed by atoms with Gasteiger partial charge in [-0.3, -0.25) is 9.69 Å². The van der Waals surface area contributed by atoms with E-state index >= 15 is 0 Å². The van der Waals surface area contributed by atoms with E-state index in [1.165, 1.54) is 0 Å². The third kappa shape index (κ3) is 4.22. The molecule has 1 atom stereocenters. The number of rotatable bonds is 5. The van der Waals surface area contributed by atoms with Crippen LogP contribution in [-0.4, -0.2) is 60.2 Å². The monoisotopic (exact) mass is 306 g/mol. The van der Waals surface area contributed by atoms with Gasteiger partial charge in [-0.05, 0) is 18.9 Å². The molecular weight excluding hydrogens is 284 g/mol. The number of ether oxygens (including phenoxy) is 2. The first-order valence-electron chi connectivity index (χ1n) is 7.81. The highest BCUT2D eigenvalue weighted by Gasteiger charge is 2.20. The normalized spacial score (nSPS) is 22.6. The molecule has 0 saturated carbocycles. The first-order chi connectivity index (χ1) is 10.8. The quantitative estimate of drug-likeness (QED) is 0.842. The molecule has 1 aromatic heterocycles. The zero-order valence-electron chi connectivity index (χ0n) is 12.7. The molecule has 3 heterocycles. The summed E-state index contributed by atoms with van der Waals surface area (Å²) in [6.07, 6.45) is 3.75. The van der Waals surface area contributed by atoms with Gasteiger partial charge in [-0.1, -0.05) is 0 Å². The van der Waals surface area contributed by atoms with Gasteiger partial charge in [0.1, 0.15) is 6.10 Å². The molecule has 1 N–H and O–H groups in total. The van der Waals surface area contributed by atoms with E-state index in [2.05, 4.69) is 20.2 Å². The second-order valence-corrected chi connectivity index (χ2v) is 5.57. The van der Waals surface area contributed by atoms with Crippen molar-refractivity contribution in [1.29, 1.82) is 0 Å². The van der Waals surface area contributed by atoms with Crippen molar-refractivity contribution in [2.45, 2.75) is 25.5 Å². The fourth-order valence-electron chi connectivity index (χ4n) is 2.66. The summed E-state index contributed by atoms with van der Waals surface area (Å²) in [6.45, 7) is 4.62. The summed E-state index contributed by atoms with van der Waals surface area (Å²) in [6, 6.07) is 1.83. The lowest BCUT2D eigenvalue weighted by molar-refractivity contribution is -0.123. The zero-order chi connectivity index (χ0) is 15.2. The van der Waals surface area contributed by atoms with Gasteiger partial charge in [0.05, 0.1) is 32.0 Å². The molecule has 0 spiro atoms. The van der Waals surface area contributed by atoms with Crippen LogP contribution in [0.25, 0.3) is 0 Å². The summed E-state index contributed by atoms with van der Waals surface area (Å²) >= 11 is 0. The minimum atomic E-state index is 0.00371. The smallest absolute Gasteiger partial charge is 0.234 e. The summed E-state index contributed by atoms with van der Waals surface area (Å²) in [4.78, 5) is 22.8. The van der Waals surface area contributed by atoms with Crippen molar-refractivity contribution in [3.63, 3.8) is 0 Å². The molecule has 3 rings (SSSR count). The third-order valence-electron chi connectivity index (χ3n) is 3.89. The average Bonchev–Trinajstić information content (AvgIpc) is 3.09. The highest BCUT2D eigenvalue weighted by Crippen LogP contribution is 2.25. The van der Waals surface area contributed by atoms with Gasteiger partial charge in [0.15, 0.2) is 5.82 Å². The van der Waals surface area contributed by atoms with Crippen LogP contribution in [-0.2, 0) is 20.8 Å². The fraction of sp³-hybridized carbons (Fsp3) is 0.667. The van der Waals surface area contributed by atoms with Gasteiger partial charge in [-0.2, -0.15) is 0 Å². The average molecular weight is 306 g/mol. The molecule has 0 radical (unpaired) electrons. The van der Waals surface area contributed by atoms with Gasteiger partial charge >= 0.3 is 0 Å². The standard InChI is InChI=1S/C15H22N4O3/c20-14(11-19-5-8-21-9-6-19)17-10-12-3-4-16-15(18-12)13-2-1-7-22-13/h3-4,13H,1-2,5-11H2,(H,17,20)/t13-/m0/s1. The molecule has 0 bridgehead atoms. The molecule has 2 aliphatic rings. The summed E-state index contributed by atoms with van der Waals surface area (Å²) in [5, 5.41) is 2.91.